The summed E-state index contributed by atoms with van der Waals surface area (Å²) in [4.78, 5) is 31.3. The van der Waals surface area contributed by atoms with Crippen LogP contribution in [-0.4, -0.2) is 45.5 Å². The average molecular weight is 469 g/mol. The van der Waals surface area contributed by atoms with Gasteiger partial charge in [-0.05, 0) is 69.9 Å². The lowest BCUT2D eigenvalue weighted by atomic mass is 9.71. The minimum absolute atomic E-state index is 0.0127. The second-order valence-electron chi connectivity index (χ2n) is 10.8. The van der Waals surface area contributed by atoms with E-state index in [0.717, 1.165) is 30.5 Å². The van der Waals surface area contributed by atoms with E-state index in [-0.39, 0.29) is 30.7 Å². The molecule has 1 atom stereocenters. The van der Waals surface area contributed by atoms with Crippen molar-refractivity contribution in [2.24, 2.45) is 11.3 Å². The standard InChI is InChI=1S/C27H36N2O5/c1-8-33-24(31)23-19(11-9-10-14-30)22-21(29(23)25(32)34-27(5,6)7)16-17-15-18(26(2,3)4)12-13-20(17)28-22/h16,18,30H,8,10,12-15H2,1-7H3. The smallest absolute Gasteiger partial charge is 0.419 e. The van der Waals surface area contributed by atoms with Crippen LogP contribution in [0.15, 0.2) is 6.07 Å². The highest BCUT2D eigenvalue weighted by molar-refractivity contribution is 6.05. The van der Waals surface area contributed by atoms with E-state index in [1.54, 1.807) is 27.7 Å². The molecular weight excluding hydrogens is 432 g/mol. The van der Waals surface area contributed by atoms with Gasteiger partial charge in [0.15, 0.2) is 5.69 Å². The molecule has 1 unspecified atom stereocenters. The number of aliphatic hydroxyl groups is 1. The number of fused-ring (bicyclic) bond motifs is 2. The van der Waals surface area contributed by atoms with E-state index < -0.39 is 17.7 Å². The van der Waals surface area contributed by atoms with Crippen LogP contribution in [0.25, 0.3) is 11.0 Å². The highest BCUT2D eigenvalue weighted by Crippen LogP contribution is 2.38. The van der Waals surface area contributed by atoms with Gasteiger partial charge in [-0.25, -0.2) is 19.1 Å². The third-order valence-corrected chi connectivity index (χ3v) is 6.02. The van der Waals surface area contributed by atoms with E-state index in [9.17, 15) is 14.7 Å². The zero-order valence-electron chi connectivity index (χ0n) is 21.4. The van der Waals surface area contributed by atoms with Crippen LogP contribution in [0.5, 0.6) is 0 Å². The maximum Gasteiger partial charge on any atom is 0.419 e. The Morgan fingerprint density at radius 1 is 1.24 bits per heavy atom. The van der Waals surface area contributed by atoms with Gasteiger partial charge >= 0.3 is 12.1 Å². The zero-order chi connectivity index (χ0) is 25.3. The van der Waals surface area contributed by atoms with Crippen molar-refractivity contribution in [3.05, 3.63) is 28.6 Å². The maximum atomic E-state index is 13.4. The topological polar surface area (TPSA) is 90.6 Å². The summed E-state index contributed by atoms with van der Waals surface area (Å²) < 4.78 is 12.2. The minimum Gasteiger partial charge on any atom is -0.461 e. The number of nitrogens with zero attached hydrogens (tertiary/aromatic N) is 2. The molecule has 0 saturated carbocycles. The summed E-state index contributed by atoms with van der Waals surface area (Å²) in [6, 6.07) is 1.96. The molecule has 0 spiro atoms. The first-order valence-corrected chi connectivity index (χ1v) is 11.9. The minimum atomic E-state index is -0.763. The highest BCUT2D eigenvalue weighted by atomic mass is 16.6. The second kappa shape index (κ2) is 9.79. The van der Waals surface area contributed by atoms with Gasteiger partial charge in [0.05, 0.1) is 24.3 Å². The Morgan fingerprint density at radius 2 is 1.94 bits per heavy atom. The number of aliphatic hydroxyl groups excluding tert-OH is 1. The Bertz CT molecular complexity index is 1150. The largest absolute Gasteiger partial charge is 0.461 e. The molecule has 1 aliphatic carbocycles. The molecule has 0 saturated heterocycles. The summed E-state index contributed by atoms with van der Waals surface area (Å²) in [6.07, 6.45) is 2.25. The Hall–Kier alpha value is -2.85. The molecular formula is C27H36N2O5. The number of hydrogen-bond acceptors (Lipinski definition) is 6. The number of carbonyl (C=O) groups is 2. The SMILES string of the molecule is CCOC(=O)c1c(C#CCCO)c2nc3c(cc2n1C(=O)OC(C)(C)C)CC(C(C)(C)C)CC3. The van der Waals surface area contributed by atoms with Crippen LogP contribution in [-0.2, 0) is 22.3 Å². The number of pyridine rings is 1. The van der Waals surface area contributed by atoms with E-state index in [1.807, 2.05) is 6.07 Å². The Labute approximate surface area is 201 Å². The predicted molar refractivity (Wildman–Crippen MR) is 131 cm³/mol. The molecule has 2 aromatic heterocycles. The number of carbonyl (C=O) groups excluding carboxylic acids is 2. The van der Waals surface area contributed by atoms with Crippen LogP contribution in [0.4, 0.5) is 4.79 Å². The van der Waals surface area contributed by atoms with Crippen molar-refractivity contribution in [2.75, 3.05) is 13.2 Å². The Kier molecular flexibility index (Phi) is 7.42. The molecule has 0 fully saturated rings. The van der Waals surface area contributed by atoms with Crippen molar-refractivity contribution in [2.45, 2.75) is 79.8 Å². The van der Waals surface area contributed by atoms with Gasteiger partial charge in [0.25, 0.3) is 0 Å². The van der Waals surface area contributed by atoms with Gasteiger partial charge in [0, 0.05) is 12.1 Å². The molecule has 34 heavy (non-hydrogen) atoms. The first-order chi connectivity index (χ1) is 15.9. The van der Waals surface area contributed by atoms with Gasteiger partial charge in [-0.3, -0.25) is 0 Å². The molecule has 3 rings (SSSR count). The first-order valence-electron chi connectivity index (χ1n) is 11.9. The summed E-state index contributed by atoms with van der Waals surface area (Å²) in [5.74, 6) is 5.67. The van der Waals surface area contributed by atoms with Crippen LogP contribution < -0.4 is 0 Å². The molecule has 0 amide bonds. The number of aryl methyl sites for hydroxylation is 1. The maximum absolute atomic E-state index is 13.4. The van der Waals surface area contributed by atoms with Crippen molar-refractivity contribution >= 4 is 23.1 Å². The fourth-order valence-corrected chi connectivity index (χ4v) is 4.31. The second-order valence-corrected chi connectivity index (χ2v) is 10.8. The number of rotatable bonds is 3. The van der Waals surface area contributed by atoms with Crippen molar-refractivity contribution < 1.29 is 24.2 Å². The molecule has 0 radical (unpaired) electrons. The molecule has 0 aromatic carbocycles. The lowest BCUT2D eigenvalue weighted by Crippen LogP contribution is -2.29. The summed E-state index contributed by atoms with van der Waals surface area (Å²) in [5, 5.41) is 9.20. The van der Waals surface area contributed by atoms with E-state index in [4.69, 9.17) is 14.5 Å². The molecule has 2 aromatic rings. The highest BCUT2D eigenvalue weighted by Gasteiger charge is 2.34. The Morgan fingerprint density at radius 3 is 2.53 bits per heavy atom. The average Bonchev–Trinajstić information content (AvgIpc) is 3.03. The molecule has 0 bridgehead atoms. The molecule has 1 N–H and O–H groups in total. The van der Waals surface area contributed by atoms with E-state index in [0.29, 0.717) is 22.5 Å². The fourth-order valence-electron chi connectivity index (χ4n) is 4.31. The quantitative estimate of drug-likeness (QED) is 0.510. The van der Waals surface area contributed by atoms with Crippen LogP contribution in [0.2, 0.25) is 0 Å². The fraction of sp³-hybridized carbons (Fsp3) is 0.593. The lowest BCUT2D eigenvalue weighted by molar-refractivity contribution is 0.0453. The summed E-state index contributed by atoms with van der Waals surface area (Å²) in [5.41, 5.74) is 2.73. The van der Waals surface area contributed by atoms with Gasteiger partial charge in [-0.2, -0.15) is 0 Å². The lowest BCUT2D eigenvalue weighted by Gasteiger charge is -2.34. The van der Waals surface area contributed by atoms with Crippen LogP contribution in [0, 0.1) is 23.2 Å². The van der Waals surface area contributed by atoms with Crippen molar-refractivity contribution in [3.8, 4) is 11.8 Å². The van der Waals surface area contributed by atoms with E-state index in [1.165, 1.54) is 4.57 Å². The normalized spacial score (nSPS) is 15.9. The van der Waals surface area contributed by atoms with Crippen LogP contribution in [0.1, 0.15) is 88.6 Å². The number of aromatic nitrogens is 2. The molecule has 7 nitrogen and oxygen atoms in total. The molecule has 7 heteroatoms. The zero-order valence-corrected chi connectivity index (χ0v) is 21.4. The summed E-state index contributed by atoms with van der Waals surface area (Å²) >= 11 is 0. The summed E-state index contributed by atoms with van der Waals surface area (Å²) in [7, 11) is 0. The Balaban J connectivity index is 2.31. The first kappa shape index (κ1) is 25.8. The van der Waals surface area contributed by atoms with Crippen LogP contribution in [0.3, 0.4) is 0 Å². The van der Waals surface area contributed by atoms with Crippen molar-refractivity contribution in [1.82, 2.24) is 9.55 Å². The van der Waals surface area contributed by atoms with Gasteiger partial charge in [-0.1, -0.05) is 32.6 Å². The third-order valence-electron chi connectivity index (χ3n) is 6.02. The van der Waals surface area contributed by atoms with Crippen LogP contribution >= 0.6 is 0 Å². The number of ether oxygens (including phenoxy) is 2. The van der Waals surface area contributed by atoms with Gasteiger partial charge in [-0.15, -0.1) is 0 Å². The molecule has 2 heterocycles. The molecule has 184 valence electrons. The predicted octanol–water partition coefficient (Wildman–Crippen LogP) is 4.88. The number of esters is 1. The van der Waals surface area contributed by atoms with Gasteiger partial charge in [0.2, 0.25) is 0 Å². The third kappa shape index (κ3) is 5.44. The van der Waals surface area contributed by atoms with E-state index in [2.05, 4.69) is 32.6 Å². The van der Waals surface area contributed by atoms with Crippen molar-refractivity contribution in [1.29, 1.82) is 0 Å². The number of hydrogen-bond donors (Lipinski definition) is 1. The van der Waals surface area contributed by atoms with Crippen molar-refractivity contribution in [3.63, 3.8) is 0 Å². The van der Waals surface area contributed by atoms with Gasteiger partial charge < -0.3 is 14.6 Å². The van der Waals surface area contributed by atoms with E-state index >= 15 is 0 Å². The molecule has 0 aliphatic heterocycles. The summed E-state index contributed by atoms with van der Waals surface area (Å²) in [6.45, 7) is 13.8. The van der Waals surface area contributed by atoms with Gasteiger partial charge in [0.1, 0.15) is 11.1 Å². The molecule has 1 aliphatic rings. The monoisotopic (exact) mass is 468 g/mol.